The van der Waals surface area contributed by atoms with Crippen molar-refractivity contribution in [2.24, 2.45) is 10.4 Å². The Morgan fingerprint density at radius 1 is 1.59 bits per heavy atom. The van der Waals surface area contributed by atoms with Gasteiger partial charge in [-0.15, -0.1) is 11.3 Å². The average molecular weight is 251 g/mol. The fraction of sp³-hybridized carbons (Fsp3) is 0.615. The van der Waals surface area contributed by atoms with E-state index in [9.17, 15) is 0 Å². The van der Waals surface area contributed by atoms with Crippen LogP contribution in [0.2, 0.25) is 0 Å². The van der Waals surface area contributed by atoms with Crippen LogP contribution in [0.15, 0.2) is 16.4 Å². The van der Waals surface area contributed by atoms with Gasteiger partial charge >= 0.3 is 0 Å². The van der Waals surface area contributed by atoms with E-state index >= 15 is 0 Å². The van der Waals surface area contributed by atoms with Crippen LogP contribution in [0.1, 0.15) is 30.7 Å². The molecule has 94 valence electrons. The average Bonchev–Trinajstić information content (AvgIpc) is 2.69. The van der Waals surface area contributed by atoms with Crippen LogP contribution in [0.5, 0.6) is 0 Å². The standard InChI is InChI=1S/C13H21N3S/c1-9-5-6-17-10(9)8-15-12(14-4)16-11-7-13(11,2)3/h5-6,11H,7-8H2,1-4H3,(H2,14,15,16). The lowest BCUT2D eigenvalue weighted by Crippen LogP contribution is -2.39. The third kappa shape index (κ3) is 3.00. The maximum absolute atomic E-state index is 4.26. The largest absolute Gasteiger partial charge is 0.353 e. The second-order valence-electron chi connectivity index (χ2n) is 5.34. The summed E-state index contributed by atoms with van der Waals surface area (Å²) in [6, 6.07) is 2.72. The van der Waals surface area contributed by atoms with Crippen LogP contribution in [0.25, 0.3) is 0 Å². The van der Waals surface area contributed by atoms with Gasteiger partial charge in [-0.1, -0.05) is 13.8 Å². The van der Waals surface area contributed by atoms with Gasteiger partial charge in [0.1, 0.15) is 0 Å². The Bertz CT molecular complexity index is 420. The number of aliphatic imine (C=N–C) groups is 1. The zero-order valence-electron chi connectivity index (χ0n) is 11.0. The monoisotopic (exact) mass is 251 g/mol. The minimum atomic E-state index is 0.427. The molecule has 1 unspecified atom stereocenters. The highest BCUT2D eigenvalue weighted by Crippen LogP contribution is 2.44. The summed E-state index contributed by atoms with van der Waals surface area (Å²) >= 11 is 1.79. The van der Waals surface area contributed by atoms with Gasteiger partial charge in [0.25, 0.3) is 0 Å². The maximum Gasteiger partial charge on any atom is 0.191 e. The molecule has 1 aromatic heterocycles. The number of hydrogen-bond donors (Lipinski definition) is 2. The Morgan fingerprint density at radius 2 is 2.29 bits per heavy atom. The first-order chi connectivity index (χ1) is 8.03. The van der Waals surface area contributed by atoms with E-state index in [-0.39, 0.29) is 0 Å². The number of nitrogens with one attached hydrogen (secondary N) is 2. The van der Waals surface area contributed by atoms with Gasteiger partial charge in [-0.3, -0.25) is 4.99 Å². The van der Waals surface area contributed by atoms with Crippen molar-refractivity contribution in [2.45, 2.75) is 39.8 Å². The van der Waals surface area contributed by atoms with E-state index in [4.69, 9.17) is 0 Å². The third-order valence-electron chi connectivity index (χ3n) is 3.43. The number of thiophene rings is 1. The van der Waals surface area contributed by atoms with Crippen molar-refractivity contribution in [2.75, 3.05) is 7.05 Å². The van der Waals surface area contributed by atoms with Crippen LogP contribution < -0.4 is 10.6 Å². The Kier molecular flexibility index (Phi) is 3.43. The smallest absolute Gasteiger partial charge is 0.191 e. The zero-order chi connectivity index (χ0) is 12.5. The topological polar surface area (TPSA) is 36.4 Å². The van der Waals surface area contributed by atoms with Gasteiger partial charge in [0, 0.05) is 18.0 Å². The predicted molar refractivity (Wildman–Crippen MR) is 74.6 cm³/mol. The number of rotatable bonds is 3. The molecule has 1 heterocycles. The first-order valence-corrected chi connectivity index (χ1v) is 6.91. The number of guanidine groups is 1. The van der Waals surface area contributed by atoms with Crippen molar-refractivity contribution in [1.82, 2.24) is 10.6 Å². The molecule has 1 aliphatic rings. The van der Waals surface area contributed by atoms with Gasteiger partial charge in [-0.2, -0.15) is 0 Å². The fourth-order valence-electron chi connectivity index (χ4n) is 1.82. The van der Waals surface area contributed by atoms with E-state index in [1.807, 2.05) is 7.05 Å². The summed E-state index contributed by atoms with van der Waals surface area (Å²) < 4.78 is 0. The van der Waals surface area contributed by atoms with Gasteiger partial charge in [0.05, 0.1) is 6.54 Å². The first-order valence-electron chi connectivity index (χ1n) is 6.03. The molecule has 0 aromatic carbocycles. The van der Waals surface area contributed by atoms with Crippen LogP contribution in [0, 0.1) is 12.3 Å². The molecule has 0 radical (unpaired) electrons. The van der Waals surface area contributed by atoms with Gasteiger partial charge in [0.2, 0.25) is 0 Å². The summed E-state index contributed by atoms with van der Waals surface area (Å²) in [5.41, 5.74) is 1.78. The molecule has 0 bridgehead atoms. The first kappa shape index (κ1) is 12.4. The van der Waals surface area contributed by atoms with Crippen molar-refractivity contribution in [1.29, 1.82) is 0 Å². The molecule has 4 heteroatoms. The maximum atomic E-state index is 4.26. The Balaban J connectivity index is 1.83. The molecular weight excluding hydrogens is 230 g/mol. The van der Waals surface area contributed by atoms with Crippen molar-refractivity contribution in [3.63, 3.8) is 0 Å². The molecular formula is C13H21N3S. The highest BCUT2D eigenvalue weighted by atomic mass is 32.1. The van der Waals surface area contributed by atoms with E-state index in [0.29, 0.717) is 11.5 Å². The summed E-state index contributed by atoms with van der Waals surface area (Å²) in [5, 5.41) is 8.96. The lowest BCUT2D eigenvalue weighted by atomic mass is 10.2. The highest BCUT2D eigenvalue weighted by Gasteiger charge is 2.46. The van der Waals surface area contributed by atoms with E-state index in [1.165, 1.54) is 16.9 Å². The number of aryl methyl sites for hydroxylation is 1. The molecule has 3 nitrogen and oxygen atoms in total. The second-order valence-corrected chi connectivity index (χ2v) is 6.34. The third-order valence-corrected chi connectivity index (χ3v) is 4.46. The fourth-order valence-corrected chi connectivity index (χ4v) is 2.67. The molecule has 1 aromatic rings. The highest BCUT2D eigenvalue weighted by molar-refractivity contribution is 7.10. The summed E-state index contributed by atoms with van der Waals surface area (Å²) in [5.74, 6) is 0.911. The second kappa shape index (κ2) is 4.69. The molecule has 0 aliphatic heterocycles. The summed E-state index contributed by atoms with van der Waals surface area (Å²) in [7, 11) is 1.83. The van der Waals surface area contributed by atoms with E-state index < -0.39 is 0 Å². The molecule has 0 amide bonds. The van der Waals surface area contributed by atoms with Crippen LogP contribution >= 0.6 is 11.3 Å². The van der Waals surface area contributed by atoms with Crippen molar-refractivity contribution < 1.29 is 0 Å². The van der Waals surface area contributed by atoms with Crippen molar-refractivity contribution >= 4 is 17.3 Å². The number of hydrogen-bond acceptors (Lipinski definition) is 2. The van der Waals surface area contributed by atoms with Crippen molar-refractivity contribution in [3.05, 3.63) is 21.9 Å². The van der Waals surface area contributed by atoms with Crippen LogP contribution in [-0.4, -0.2) is 19.0 Å². The Hall–Kier alpha value is -1.03. The molecule has 0 saturated heterocycles. The zero-order valence-corrected chi connectivity index (χ0v) is 11.8. The van der Waals surface area contributed by atoms with Gasteiger partial charge in [-0.25, -0.2) is 0 Å². The Morgan fingerprint density at radius 3 is 2.76 bits per heavy atom. The SMILES string of the molecule is CN=C(NCc1sccc1C)NC1CC1(C)C. The molecule has 1 atom stereocenters. The quantitative estimate of drug-likeness (QED) is 0.640. The van der Waals surface area contributed by atoms with Gasteiger partial charge in [-0.05, 0) is 35.8 Å². The molecule has 0 spiro atoms. The van der Waals surface area contributed by atoms with Crippen LogP contribution in [-0.2, 0) is 6.54 Å². The summed E-state index contributed by atoms with van der Waals surface area (Å²) in [6.45, 7) is 7.56. The van der Waals surface area contributed by atoms with E-state index in [1.54, 1.807) is 11.3 Å². The molecule has 17 heavy (non-hydrogen) atoms. The summed E-state index contributed by atoms with van der Waals surface area (Å²) in [4.78, 5) is 5.64. The number of nitrogens with zero attached hydrogens (tertiary/aromatic N) is 1. The normalized spacial score (nSPS) is 22.4. The van der Waals surface area contributed by atoms with Gasteiger partial charge in [0.15, 0.2) is 5.96 Å². The van der Waals surface area contributed by atoms with E-state index in [0.717, 1.165) is 12.5 Å². The predicted octanol–water partition coefficient (Wildman–Crippen LogP) is 2.52. The lowest BCUT2D eigenvalue weighted by Gasteiger charge is -2.12. The van der Waals surface area contributed by atoms with Gasteiger partial charge < -0.3 is 10.6 Å². The molecule has 1 fully saturated rings. The lowest BCUT2D eigenvalue weighted by molar-refractivity contribution is 0.589. The molecule has 2 N–H and O–H groups in total. The van der Waals surface area contributed by atoms with E-state index in [2.05, 4.69) is 47.8 Å². The van der Waals surface area contributed by atoms with Crippen LogP contribution in [0.3, 0.4) is 0 Å². The minimum absolute atomic E-state index is 0.427. The molecule has 1 aliphatic carbocycles. The molecule has 2 rings (SSSR count). The summed E-state index contributed by atoms with van der Waals surface area (Å²) in [6.07, 6.45) is 1.23. The van der Waals surface area contributed by atoms with Crippen molar-refractivity contribution in [3.8, 4) is 0 Å². The Labute approximate surface area is 107 Å². The minimum Gasteiger partial charge on any atom is -0.353 e. The van der Waals surface area contributed by atoms with Crippen LogP contribution in [0.4, 0.5) is 0 Å². The molecule has 1 saturated carbocycles.